The summed E-state index contributed by atoms with van der Waals surface area (Å²) < 4.78 is 55.7. The van der Waals surface area contributed by atoms with Crippen LogP contribution in [0.15, 0.2) is 47.5 Å². The van der Waals surface area contributed by atoms with Crippen LogP contribution in [0.2, 0.25) is 0 Å². The Hall–Kier alpha value is -3.08. The normalized spacial score (nSPS) is 19.1. The summed E-state index contributed by atoms with van der Waals surface area (Å²) in [6, 6.07) is 10.4. The summed E-state index contributed by atoms with van der Waals surface area (Å²) in [5, 5.41) is 10.6. The van der Waals surface area contributed by atoms with Gasteiger partial charge in [0.15, 0.2) is 5.96 Å². The molecule has 0 radical (unpaired) electrons. The molecule has 162 valence electrons. The number of phenolic OH excluding ortho intramolecular Hbond substituents is 1. The predicted molar refractivity (Wildman–Crippen MR) is 109 cm³/mol. The van der Waals surface area contributed by atoms with Crippen molar-refractivity contribution in [1.82, 2.24) is 4.90 Å². The van der Waals surface area contributed by atoms with Crippen molar-refractivity contribution in [3.63, 3.8) is 0 Å². The summed E-state index contributed by atoms with van der Waals surface area (Å²) in [6.07, 6.45) is 0. The zero-order valence-electron chi connectivity index (χ0n) is 16.3. The molecule has 1 aliphatic heterocycles. The van der Waals surface area contributed by atoms with Gasteiger partial charge in [0, 0.05) is 24.4 Å². The van der Waals surface area contributed by atoms with Gasteiger partial charge in [-0.2, -0.15) is 8.78 Å². The summed E-state index contributed by atoms with van der Waals surface area (Å²) in [6.45, 7) is -1.27. The van der Waals surface area contributed by atoms with Gasteiger partial charge in [-0.05, 0) is 36.8 Å². The third-order valence-electron chi connectivity index (χ3n) is 4.80. The van der Waals surface area contributed by atoms with Gasteiger partial charge in [-0.3, -0.25) is 4.72 Å². The van der Waals surface area contributed by atoms with E-state index in [4.69, 9.17) is 5.73 Å². The van der Waals surface area contributed by atoms with E-state index in [9.17, 15) is 22.3 Å². The van der Waals surface area contributed by atoms with Crippen LogP contribution in [0, 0.1) is 0 Å². The molecule has 0 bridgehead atoms. The number of benzene rings is 2. The number of phenols is 1. The van der Waals surface area contributed by atoms with Crippen LogP contribution >= 0.6 is 0 Å². The van der Waals surface area contributed by atoms with Gasteiger partial charge in [0.1, 0.15) is 17.0 Å². The fourth-order valence-electron chi connectivity index (χ4n) is 3.33. The topological polar surface area (TPSA) is 117 Å². The second-order valence-electron chi connectivity index (χ2n) is 6.83. The van der Waals surface area contributed by atoms with Crippen LogP contribution in [0.3, 0.4) is 0 Å². The van der Waals surface area contributed by atoms with E-state index in [0.717, 1.165) is 6.07 Å². The Labute approximate surface area is 173 Å². The number of nitrogens with zero attached hydrogens (tertiary/aromatic N) is 2. The molecule has 0 saturated carbocycles. The van der Waals surface area contributed by atoms with Crippen molar-refractivity contribution in [2.24, 2.45) is 10.7 Å². The van der Waals surface area contributed by atoms with Crippen LogP contribution in [-0.2, 0) is 15.6 Å². The first-order valence-corrected chi connectivity index (χ1v) is 10.7. The lowest BCUT2D eigenvalue weighted by atomic mass is 9.82. The molecule has 2 aromatic rings. The van der Waals surface area contributed by atoms with Gasteiger partial charge in [0.2, 0.25) is 10.0 Å². The molecule has 4 N–H and O–H groups in total. The number of ether oxygens (including phenoxy) is 1. The third kappa shape index (κ3) is 4.25. The van der Waals surface area contributed by atoms with E-state index >= 15 is 0 Å². The molecule has 1 atom stereocenters. The number of aromatic hydroxyl groups is 1. The Kier molecular flexibility index (Phi) is 5.75. The molecule has 0 saturated heterocycles. The van der Waals surface area contributed by atoms with Crippen molar-refractivity contribution in [3.8, 4) is 11.5 Å². The van der Waals surface area contributed by atoms with Gasteiger partial charge in [-0.15, -0.1) is 0 Å². The maximum Gasteiger partial charge on any atom is 0.387 e. The highest BCUT2D eigenvalue weighted by atomic mass is 32.2. The van der Waals surface area contributed by atoms with E-state index < -0.39 is 22.2 Å². The number of hydrogen-bond acceptors (Lipinski definition) is 7. The summed E-state index contributed by atoms with van der Waals surface area (Å²) in [4.78, 5) is 6.22. The third-order valence-corrected chi connectivity index (χ3v) is 6.10. The summed E-state index contributed by atoms with van der Waals surface area (Å²) in [5.41, 5.74) is 6.01. The molecule has 11 heteroatoms. The van der Waals surface area contributed by atoms with Crippen LogP contribution in [0.4, 0.5) is 14.5 Å². The number of rotatable bonds is 7. The van der Waals surface area contributed by atoms with Crippen LogP contribution in [0.25, 0.3) is 0 Å². The average molecular weight is 440 g/mol. The van der Waals surface area contributed by atoms with Crippen molar-refractivity contribution in [2.75, 3.05) is 24.1 Å². The summed E-state index contributed by atoms with van der Waals surface area (Å²) in [5.74, 6) is -0.390. The smallest absolute Gasteiger partial charge is 0.387 e. The van der Waals surface area contributed by atoms with Gasteiger partial charge in [0.25, 0.3) is 0 Å². The SMILES string of the molecule is CCS(=O)(=O)Nc1cccc(C2(c3ccc(OC(F)F)cc3O)CN(C)C(N)=N2)c1. The summed E-state index contributed by atoms with van der Waals surface area (Å²) in [7, 11) is -1.78. The molecule has 1 unspecified atom stereocenters. The van der Waals surface area contributed by atoms with Crippen molar-refractivity contribution in [3.05, 3.63) is 53.6 Å². The van der Waals surface area contributed by atoms with Crippen LogP contribution in [0.5, 0.6) is 11.5 Å². The molecule has 2 aromatic carbocycles. The van der Waals surface area contributed by atoms with E-state index in [1.54, 1.807) is 36.2 Å². The zero-order valence-corrected chi connectivity index (χ0v) is 17.2. The van der Waals surface area contributed by atoms with Crippen LogP contribution < -0.4 is 15.2 Å². The molecule has 0 fully saturated rings. The Morgan fingerprint density at radius 3 is 2.63 bits per heavy atom. The number of halogens is 2. The molecule has 3 rings (SSSR count). The highest BCUT2D eigenvalue weighted by molar-refractivity contribution is 7.92. The molecule has 30 heavy (non-hydrogen) atoms. The van der Waals surface area contributed by atoms with Crippen molar-refractivity contribution >= 4 is 21.7 Å². The summed E-state index contributed by atoms with van der Waals surface area (Å²) >= 11 is 0. The van der Waals surface area contributed by atoms with E-state index in [2.05, 4.69) is 14.5 Å². The maximum absolute atomic E-state index is 12.5. The first-order valence-electron chi connectivity index (χ1n) is 9.02. The largest absolute Gasteiger partial charge is 0.507 e. The highest BCUT2D eigenvalue weighted by Crippen LogP contribution is 2.43. The maximum atomic E-state index is 12.5. The van der Waals surface area contributed by atoms with Crippen molar-refractivity contribution in [1.29, 1.82) is 0 Å². The standard InChI is InChI=1S/C19H22F2N4O4S/c1-3-30(27,28)24-13-6-4-5-12(9-13)19(11-25(2)18(22)23-19)15-8-7-14(10-16(15)26)29-17(20)21/h4-10,17,24,26H,3,11H2,1-2H3,(H2,22,23). The Morgan fingerprint density at radius 1 is 1.33 bits per heavy atom. The number of likely N-dealkylation sites (N-methyl/N-ethyl adjacent to an activating group) is 1. The monoisotopic (exact) mass is 440 g/mol. The molecular formula is C19H22F2N4O4S. The minimum absolute atomic E-state index is 0.0946. The molecular weight excluding hydrogens is 418 g/mol. The molecule has 1 heterocycles. The first kappa shape index (κ1) is 21.6. The number of aliphatic imine (C=N–C) groups is 1. The van der Waals surface area contributed by atoms with Gasteiger partial charge in [-0.25, -0.2) is 13.4 Å². The lowest BCUT2D eigenvalue weighted by Crippen LogP contribution is -2.35. The van der Waals surface area contributed by atoms with E-state index in [1.165, 1.54) is 19.1 Å². The number of nitrogens with one attached hydrogen (secondary N) is 1. The number of sulfonamides is 1. The van der Waals surface area contributed by atoms with Crippen molar-refractivity contribution < 1.29 is 27.0 Å². The Bertz CT molecular complexity index is 1080. The number of hydrogen-bond donors (Lipinski definition) is 3. The minimum atomic E-state index is -3.50. The molecule has 0 aromatic heterocycles. The molecule has 0 amide bonds. The second kappa shape index (κ2) is 7.98. The van der Waals surface area contributed by atoms with Crippen molar-refractivity contribution in [2.45, 2.75) is 19.1 Å². The number of anilines is 1. The highest BCUT2D eigenvalue weighted by Gasteiger charge is 2.43. The second-order valence-corrected chi connectivity index (χ2v) is 8.84. The number of guanidine groups is 1. The van der Waals surface area contributed by atoms with Gasteiger partial charge >= 0.3 is 6.61 Å². The Morgan fingerprint density at radius 2 is 2.07 bits per heavy atom. The van der Waals surface area contributed by atoms with Gasteiger partial charge < -0.3 is 20.5 Å². The first-order chi connectivity index (χ1) is 14.1. The lowest BCUT2D eigenvalue weighted by Gasteiger charge is -2.29. The fourth-order valence-corrected chi connectivity index (χ4v) is 3.96. The average Bonchev–Trinajstić information content (AvgIpc) is 2.97. The van der Waals surface area contributed by atoms with Crippen LogP contribution in [-0.4, -0.2) is 50.3 Å². The number of nitrogens with two attached hydrogens (primary N) is 1. The van der Waals surface area contributed by atoms with E-state index in [0.29, 0.717) is 16.8 Å². The van der Waals surface area contributed by atoms with E-state index in [-0.39, 0.29) is 29.8 Å². The molecule has 8 nitrogen and oxygen atoms in total. The lowest BCUT2D eigenvalue weighted by molar-refractivity contribution is -0.0499. The quantitative estimate of drug-likeness (QED) is 0.608. The number of alkyl halides is 2. The Balaban J connectivity index is 2.12. The molecule has 1 aliphatic rings. The fraction of sp³-hybridized carbons (Fsp3) is 0.316. The van der Waals surface area contributed by atoms with Gasteiger partial charge in [-0.1, -0.05) is 12.1 Å². The minimum Gasteiger partial charge on any atom is -0.507 e. The van der Waals surface area contributed by atoms with E-state index in [1.807, 2.05) is 0 Å². The van der Waals surface area contributed by atoms with Gasteiger partial charge in [0.05, 0.1) is 12.3 Å². The molecule has 0 spiro atoms. The zero-order chi connectivity index (χ0) is 22.1. The predicted octanol–water partition coefficient (Wildman–Crippen LogP) is 2.26. The van der Waals surface area contributed by atoms with Crippen LogP contribution in [0.1, 0.15) is 18.1 Å². The molecule has 0 aliphatic carbocycles.